The quantitative estimate of drug-likeness (QED) is 0.474. The molecule has 2 amide bonds. The van der Waals surface area contributed by atoms with Gasteiger partial charge in [0.2, 0.25) is 12.2 Å². The van der Waals surface area contributed by atoms with Crippen LogP contribution in [0.3, 0.4) is 0 Å². The number of aromatic hydroxyl groups is 1. The largest absolute Gasteiger partial charge is 0.505 e. The molecular formula is C20H24N2O10. The van der Waals surface area contributed by atoms with E-state index in [1.165, 1.54) is 32.2 Å². The maximum absolute atomic E-state index is 12.1. The highest BCUT2D eigenvalue weighted by molar-refractivity contribution is 5.96. The van der Waals surface area contributed by atoms with Crippen LogP contribution in [0, 0.1) is 0 Å². The second kappa shape index (κ2) is 8.65. The van der Waals surface area contributed by atoms with Crippen molar-refractivity contribution in [2.45, 2.75) is 51.0 Å². The number of methoxy groups -OCH3 is 1. The van der Waals surface area contributed by atoms with E-state index in [9.17, 15) is 24.6 Å². The van der Waals surface area contributed by atoms with Crippen molar-refractivity contribution in [3.63, 3.8) is 0 Å². The third kappa shape index (κ3) is 4.47. The monoisotopic (exact) mass is 452 g/mol. The molecule has 1 fully saturated rings. The fourth-order valence-corrected chi connectivity index (χ4v) is 3.60. The van der Waals surface area contributed by atoms with Crippen molar-refractivity contribution in [2.24, 2.45) is 5.73 Å². The zero-order valence-electron chi connectivity index (χ0n) is 17.8. The molecule has 174 valence electrons. The normalized spacial score (nSPS) is 24.7. The lowest BCUT2D eigenvalue weighted by molar-refractivity contribution is -0.304. The van der Waals surface area contributed by atoms with E-state index < -0.39 is 53.6 Å². The maximum Gasteiger partial charge on any atom is 0.404 e. The highest BCUT2D eigenvalue weighted by Crippen LogP contribution is 2.36. The second-order valence-electron chi connectivity index (χ2n) is 7.71. The number of hydrogen-bond donors (Lipinski definition) is 4. The van der Waals surface area contributed by atoms with Crippen LogP contribution >= 0.6 is 0 Å². The number of amides is 2. The van der Waals surface area contributed by atoms with Crippen molar-refractivity contribution in [1.29, 1.82) is 0 Å². The summed E-state index contributed by atoms with van der Waals surface area (Å²) in [6.07, 6.45) is -5.92. The van der Waals surface area contributed by atoms with Crippen LogP contribution in [0.25, 0.3) is 11.0 Å². The van der Waals surface area contributed by atoms with Gasteiger partial charge in [0.25, 0.3) is 0 Å². The van der Waals surface area contributed by atoms with Crippen LogP contribution in [0.5, 0.6) is 11.5 Å². The number of carbonyl (C=O) groups is 2. The molecule has 1 aromatic heterocycles. The molecule has 2 heterocycles. The van der Waals surface area contributed by atoms with Gasteiger partial charge in [0.1, 0.15) is 17.4 Å². The third-order valence-corrected chi connectivity index (χ3v) is 4.93. The maximum atomic E-state index is 12.1. The molecule has 4 atom stereocenters. The van der Waals surface area contributed by atoms with E-state index in [0.717, 1.165) is 0 Å². The van der Waals surface area contributed by atoms with Crippen molar-refractivity contribution in [2.75, 3.05) is 12.4 Å². The van der Waals surface area contributed by atoms with Gasteiger partial charge in [0.05, 0.1) is 11.0 Å². The molecule has 3 rings (SSSR count). The standard InChI is InChI=1S/C20H24N2O10/c1-8(23)22-12-13(24)10-6-5-9(7-11(10)30-17(12)26)29-18-14(25)15(31-19(21)27)16(28-4)20(2,3)32-18/h5-7,14-16,18,24-25H,1-4H3,(H2,21,27)(H,22,23)/t14-,15+,16?,18?/m0/s1. The van der Waals surface area contributed by atoms with Gasteiger partial charge in [0, 0.05) is 20.1 Å². The summed E-state index contributed by atoms with van der Waals surface area (Å²) in [5.41, 5.74) is 2.69. The lowest BCUT2D eigenvalue weighted by Gasteiger charge is -2.47. The molecule has 0 aliphatic carbocycles. The van der Waals surface area contributed by atoms with Gasteiger partial charge in [-0.25, -0.2) is 9.59 Å². The van der Waals surface area contributed by atoms with Crippen molar-refractivity contribution in [1.82, 2.24) is 0 Å². The molecule has 2 unspecified atom stereocenters. The Morgan fingerprint density at radius 2 is 1.97 bits per heavy atom. The number of hydrogen-bond acceptors (Lipinski definition) is 10. The summed E-state index contributed by atoms with van der Waals surface area (Å²) in [5, 5.41) is 23.4. The molecular weight excluding hydrogens is 428 g/mol. The van der Waals surface area contributed by atoms with E-state index >= 15 is 0 Å². The number of aliphatic hydroxyl groups is 1. The molecule has 2 aromatic rings. The first-order valence-electron chi connectivity index (χ1n) is 9.53. The Hall–Kier alpha value is -3.35. The summed E-state index contributed by atoms with van der Waals surface area (Å²) in [7, 11) is 1.37. The predicted octanol–water partition coefficient (Wildman–Crippen LogP) is 0.810. The SMILES string of the molecule is COC1[C@H](OC(N)=O)[C@H](O)C(Oc2ccc3c(O)c(NC(C)=O)c(=O)oc3c2)OC1(C)C. The molecule has 0 spiro atoms. The van der Waals surface area contributed by atoms with Gasteiger partial charge in [-0.05, 0) is 26.0 Å². The zero-order valence-corrected chi connectivity index (χ0v) is 17.8. The van der Waals surface area contributed by atoms with Crippen molar-refractivity contribution in [3.8, 4) is 11.5 Å². The Bertz CT molecular complexity index is 1100. The predicted molar refractivity (Wildman–Crippen MR) is 109 cm³/mol. The van der Waals surface area contributed by atoms with Gasteiger partial charge in [0.15, 0.2) is 23.6 Å². The van der Waals surface area contributed by atoms with Crippen LogP contribution in [0.15, 0.2) is 27.4 Å². The molecule has 1 aromatic carbocycles. The van der Waals surface area contributed by atoms with Crippen molar-refractivity contribution >= 4 is 28.7 Å². The lowest BCUT2D eigenvalue weighted by atomic mass is 9.89. The summed E-state index contributed by atoms with van der Waals surface area (Å²) in [6.45, 7) is 4.49. The zero-order chi connectivity index (χ0) is 23.8. The molecule has 5 N–H and O–H groups in total. The Kier molecular flexibility index (Phi) is 6.30. The molecule has 32 heavy (non-hydrogen) atoms. The number of nitrogens with one attached hydrogen (secondary N) is 1. The Morgan fingerprint density at radius 1 is 1.28 bits per heavy atom. The fourth-order valence-electron chi connectivity index (χ4n) is 3.60. The number of primary amides is 1. The molecule has 0 saturated carbocycles. The summed E-state index contributed by atoms with van der Waals surface area (Å²) >= 11 is 0. The number of benzene rings is 1. The van der Waals surface area contributed by atoms with Gasteiger partial charge in [-0.1, -0.05) is 0 Å². The van der Waals surface area contributed by atoms with Crippen LogP contribution in [0.4, 0.5) is 10.5 Å². The molecule has 1 aliphatic rings. The summed E-state index contributed by atoms with van der Waals surface area (Å²) in [6, 6.07) is 4.11. The van der Waals surface area contributed by atoms with Gasteiger partial charge < -0.3 is 44.6 Å². The average molecular weight is 452 g/mol. The third-order valence-electron chi connectivity index (χ3n) is 4.93. The van der Waals surface area contributed by atoms with Crippen LogP contribution in [0.1, 0.15) is 20.8 Å². The second-order valence-corrected chi connectivity index (χ2v) is 7.71. The lowest BCUT2D eigenvalue weighted by Crippen LogP contribution is -2.65. The van der Waals surface area contributed by atoms with Gasteiger partial charge in [-0.2, -0.15) is 0 Å². The van der Waals surface area contributed by atoms with E-state index in [0.29, 0.717) is 0 Å². The molecule has 1 aliphatic heterocycles. The number of rotatable bonds is 5. The Morgan fingerprint density at radius 3 is 2.56 bits per heavy atom. The van der Waals surface area contributed by atoms with E-state index in [4.69, 9.17) is 29.1 Å². The summed E-state index contributed by atoms with van der Waals surface area (Å²) in [5.74, 6) is -0.910. The van der Waals surface area contributed by atoms with Crippen LogP contribution in [0.2, 0.25) is 0 Å². The molecule has 0 bridgehead atoms. The topological polar surface area (TPSA) is 180 Å². The van der Waals surface area contributed by atoms with Crippen LogP contribution in [-0.2, 0) is 19.0 Å². The van der Waals surface area contributed by atoms with Gasteiger partial charge in [-0.3, -0.25) is 4.79 Å². The van der Waals surface area contributed by atoms with Gasteiger partial charge >= 0.3 is 11.7 Å². The number of anilines is 1. The average Bonchev–Trinajstić information content (AvgIpc) is 2.68. The minimum Gasteiger partial charge on any atom is -0.505 e. The number of fused-ring (bicyclic) bond motifs is 1. The number of ether oxygens (including phenoxy) is 4. The van der Waals surface area contributed by atoms with Crippen molar-refractivity contribution in [3.05, 3.63) is 28.6 Å². The van der Waals surface area contributed by atoms with E-state index in [1.54, 1.807) is 13.8 Å². The molecule has 12 heteroatoms. The Balaban J connectivity index is 1.93. The Labute approximate surface area is 181 Å². The van der Waals surface area contributed by atoms with Gasteiger partial charge in [-0.15, -0.1) is 0 Å². The van der Waals surface area contributed by atoms with Crippen LogP contribution in [-0.4, -0.2) is 59.5 Å². The van der Waals surface area contributed by atoms with E-state index in [2.05, 4.69) is 5.32 Å². The smallest absolute Gasteiger partial charge is 0.404 e. The first-order valence-corrected chi connectivity index (χ1v) is 9.53. The molecule has 12 nitrogen and oxygen atoms in total. The van der Waals surface area contributed by atoms with E-state index in [-0.39, 0.29) is 22.4 Å². The highest BCUT2D eigenvalue weighted by atomic mass is 16.7. The summed E-state index contributed by atoms with van der Waals surface area (Å²) < 4.78 is 27.1. The number of nitrogens with two attached hydrogens (primary N) is 1. The first kappa shape index (κ1) is 23.3. The summed E-state index contributed by atoms with van der Waals surface area (Å²) in [4.78, 5) is 34.7. The van der Waals surface area contributed by atoms with Crippen LogP contribution < -0.4 is 21.4 Å². The number of carbonyl (C=O) groups excluding carboxylic acids is 2. The molecule has 0 radical (unpaired) electrons. The molecule has 1 saturated heterocycles. The highest BCUT2D eigenvalue weighted by Gasteiger charge is 2.53. The minimum atomic E-state index is -1.47. The minimum absolute atomic E-state index is 0.0386. The first-order chi connectivity index (χ1) is 14.9. The van der Waals surface area contributed by atoms with Crippen molar-refractivity contribution < 1.29 is 43.2 Å². The van der Waals surface area contributed by atoms with E-state index in [1.807, 2.05) is 0 Å². The fraction of sp³-hybridized carbons (Fsp3) is 0.450. The number of aliphatic hydroxyl groups excluding tert-OH is 1.